The van der Waals surface area contributed by atoms with Crippen LogP contribution in [0.2, 0.25) is 0 Å². The van der Waals surface area contributed by atoms with Gasteiger partial charge in [0.2, 0.25) is 0 Å². The van der Waals surface area contributed by atoms with E-state index in [1.165, 1.54) is 0 Å². The summed E-state index contributed by atoms with van der Waals surface area (Å²) in [4.78, 5) is 6.27. The third-order valence-electron chi connectivity index (χ3n) is 3.11. The zero-order valence-corrected chi connectivity index (χ0v) is 9.42. The van der Waals surface area contributed by atoms with Crippen molar-refractivity contribution in [1.29, 1.82) is 0 Å². The highest BCUT2D eigenvalue weighted by Gasteiger charge is 2.28. The van der Waals surface area contributed by atoms with Gasteiger partial charge in [-0.1, -0.05) is 0 Å². The average molecular weight is 225 g/mol. The second kappa shape index (κ2) is 4.95. The summed E-state index contributed by atoms with van der Waals surface area (Å²) in [5.74, 6) is -1.43. The van der Waals surface area contributed by atoms with E-state index >= 15 is 0 Å². The lowest BCUT2D eigenvalue weighted by molar-refractivity contribution is -0.188. The summed E-state index contributed by atoms with van der Waals surface area (Å²) in [7, 11) is 0. The maximum atomic E-state index is 9.38. The zero-order chi connectivity index (χ0) is 11.4. The fourth-order valence-corrected chi connectivity index (χ4v) is 2.03. The SMILES string of the molecule is OC1(O)CCN(CCCn2ccnc2)CC1. The predicted molar refractivity (Wildman–Crippen MR) is 59.7 cm³/mol. The van der Waals surface area contributed by atoms with Gasteiger partial charge in [0.05, 0.1) is 6.33 Å². The minimum atomic E-state index is -1.43. The number of hydrogen-bond donors (Lipinski definition) is 2. The Bertz CT molecular complexity index is 301. The summed E-state index contributed by atoms with van der Waals surface area (Å²) in [5.41, 5.74) is 0. The molecule has 0 radical (unpaired) electrons. The molecule has 1 aromatic heterocycles. The Morgan fingerprint density at radius 3 is 2.56 bits per heavy atom. The van der Waals surface area contributed by atoms with E-state index in [9.17, 15) is 10.2 Å². The monoisotopic (exact) mass is 225 g/mol. The van der Waals surface area contributed by atoms with Crippen molar-refractivity contribution >= 4 is 0 Å². The van der Waals surface area contributed by atoms with Crippen molar-refractivity contribution in [2.75, 3.05) is 19.6 Å². The number of nitrogens with zero attached hydrogens (tertiary/aromatic N) is 3. The van der Waals surface area contributed by atoms with Gasteiger partial charge in [-0.05, 0) is 13.0 Å². The molecule has 1 fully saturated rings. The van der Waals surface area contributed by atoms with Crippen LogP contribution in [0.25, 0.3) is 0 Å². The molecular formula is C11H19N3O2. The minimum Gasteiger partial charge on any atom is -0.366 e. The first-order chi connectivity index (χ1) is 7.66. The largest absolute Gasteiger partial charge is 0.366 e. The molecule has 2 N–H and O–H groups in total. The van der Waals surface area contributed by atoms with Gasteiger partial charge in [-0.15, -0.1) is 0 Å². The van der Waals surface area contributed by atoms with Gasteiger partial charge in [-0.25, -0.2) is 4.98 Å². The van der Waals surface area contributed by atoms with Gasteiger partial charge >= 0.3 is 0 Å². The Balaban J connectivity index is 1.64. The molecule has 0 bridgehead atoms. The molecule has 0 aromatic carbocycles. The van der Waals surface area contributed by atoms with Crippen molar-refractivity contribution in [2.45, 2.75) is 31.6 Å². The van der Waals surface area contributed by atoms with E-state index in [0.717, 1.165) is 32.6 Å². The molecule has 5 nitrogen and oxygen atoms in total. The summed E-state index contributed by atoms with van der Waals surface area (Å²) in [5, 5.41) is 18.8. The smallest absolute Gasteiger partial charge is 0.164 e. The molecule has 0 atom stereocenters. The highest BCUT2D eigenvalue weighted by Crippen LogP contribution is 2.18. The van der Waals surface area contributed by atoms with Crippen LogP contribution in [-0.2, 0) is 6.54 Å². The molecule has 1 aliphatic heterocycles. The second-order valence-electron chi connectivity index (χ2n) is 4.48. The summed E-state index contributed by atoms with van der Waals surface area (Å²) >= 11 is 0. The molecule has 1 saturated heterocycles. The average Bonchev–Trinajstić information content (AvgIpc) is 2.73. The lowest BCUT2D eigenvalue weighted by atomic mass is 10.0. The van der Waals surface area contributed by atoms with E-state index in [-0.39, 0.29) is 0 Å². The summed E-state index contributed by atoms with van der Waals surface area (Å²) in [6, 6.07) is 0. The normalized spacial score (nSPS) is 21.1. The molecule has 0 spiro atoms. The Morgan fingerprint density at radius 1 is 1.19 bits per heavy atom. The van der Waals surface area contributed by atoms with Gasteiger partial charge in [0, 0.05) is 44.9 Å². The highest BCUT2D eigenvalue weighted by molar-refractivity contribution is 4.77. The third kappa shape index (κ3) is 3.30. The molecule has 16 heavy (non-hydrogen) atoms. The van der Waals surface area contributed by atoms with Crippen LogP contribution in [0.3, 0.4) is 0 Å². The van der Waals surface area contributed by atoms with Gasteiger partial charge < -0.3 is 19.7 Å². The first-order valence-corrected chi connectivity index (χ1v) is 5.79. The molecule has 90 valence electrons. The van der Waals surface area contributed by atoms with Crippen LogP contribution in [0.1, 0.15) is 19.3 Å². The van der Waals surface area contributed by atoms with Crippen LogP contribution >= 0.6 is 0 Å². The fraction of sp³-hybridized carbons (Fsp3) is 0.727. The number of aromatic nitrogens is 2. The quantitative estimate of drug-likeness (QED) is 0.711. The number of rotatable bonds is 4. The van der Waals surface area contributed by atoms with Crippen LogP contribution in [0.4, 0.5) is 0 Å². The van der Waals surface area contributed by atoms with E-state index in [2.05, 4.69) is 14.5 Å². The number of likely N-dealkylation sites (tertiary alicyclic amines) is 1. The molecule has 0 amide bonds. The molecule has 0 unspecified atom stereocenters. The molecule has 0 aliphatic carbocycles. The van der Waals surface area contributed by atoms with Crippen LogP contribution < -0.4 is 0 Å². The lowest BCUT2D eigenvalue weighted by Crippen LogP contribution is -2.44. The van der Waals surface area contributed by atoms with Gasteiger partial charge in [0.15, 0.2) is 5.79 Å². The van der Waals surface area contributed by atoms with Gasteiger partial charge in [0.1, 0.15) is 0 Å². The maximum Gasteiger partial charge on any atom is 0.164 e. The molecule has 1 aromatic rings. The van der Waals surface area contributed by atoms with Crippen molar-refractivity contribution < 1.29 is 10.2 Å². The molecule has 2 rings (SSSR count). The molecule has 0 saturated carbocycles. The van der Waals surface area contributed by atoms with E-state index in [4.69, 9.17) is 0 Å². The van der Waals surface area contributed by atoms with E-state index < -0.39 is 5.79 Å². The maximum absolute atomic E-state index is 9.38. The zero-order valence-electron chi connectivity index (χ0n) is 9.42. The second-order valence-corrected chi connectivity index (χ2v) is 4.48. The third-order valence-corrected chi connectivity index (χ3v) is 3.11. The van der Waals surface area contributed by atoms with Crippen molar-refractivity contribution in [3.63, 3.8) is 0 Å². The minimum absolute atomic E-state index is 0.456. The number of hydrogen-bond acceptors (Lipinski definition) is 4. The fourth-order valence-electron chi connectivity index (χ4n) is 2.03. The first kappa shape index (κ1) is 11.6. The molecule has 2 heterocycles. The topological polar surface area (TPSA) is 61.5 Å². The van der Waals surface area contributed by atoms with Crippen LogP contribution in [0.15, 0.2) is 18.7 Å². The standard InChI is InChI=1S/C11H19N3O2/c15-11(16)2-7-13(8-3-11)5-1-6-14-9-4-12-10-14/h4,9-10,15-16H,1-3,5-8H2. The number of piperidine rings is 1. The van der Waals surface area contributed by atoms with Crippen molar-refractivity contribution in [1.82, 2.24) is 14.5 Å². The molecule has 5 heteroatoms. The molecular weight excluding hydrogens is 206 g/mol. The van der Waals surface area contributed by atoms with Gasteiger partial charge in [0.25, 0.3) is 0 Å². The Labute approximate surface area is 95.3 Å². The van der Waals surface area contributed by atoms with Gasteiger partial charge in [-0.2, -0.15) is 0 Å². The highest BCUT2D eigenvalue weighted by atomic mass is 16.5. The van der Waals surface area contributed by atoms with Crippen LogP contribution in [0.5, 0.6) is 0 Å². The van der Waals surface area contributed by atoms with Crippen molar-refractivity contribution in [2.24, 2.45) is 0 Å². The van der Waals surface area contributed by atoms with Crippen LogP contribution in [-0.4, -0.2) is 50.1 Å². The van der Waals surface area contributed by atoms with E-state index in [1.807, 2.05) is 12.5 Å². The Morgan fingerprint density at radius 2 is 1.94 bits per heavy atom. The predicted octanol–water partition coefficient (Wildman–Crippen LogP) is 0.0499. The van der Waals surface area contributed by atoms with Crippen LogP contribution in [0, 0.1) is 0 Å². The number of aryl methyl sites for hydroxylation is 1. The van der Waals surface area contributed by atoms with Gasteiger partial charge in [-0.3, -0.25) is 0 Å². The Kier molecular flexibility index (Phi) is 3.58. The Hall–Kier alpha value is -0.910. The number of aliphatic hydroxyl groups is 2. The van der Waals surface area contributed by atoms with E-state index in [0.29, 0.717) is 12.8 Å². The first-order valence-electron chi connectivity index (χ1n) is 5.79. The number of imidazole rings is 1. The van der Waals surface area contributed by atoms with Crippen molar-refractivity contribution in [3.8, 4) is 0 Å². The summed E-state index contributed by atoms with van der Waals surface area (Å²) < 4.78 is 2.06. The molecule has 1 aliphatic rings. The summed E-state index contributed by atoms with van der Waals surface area (Å²) in [6.07, 6.45) is 7.55. The summed E-state index contributed by atoms with van der Waals surface area (Å²) in [6.45, 7) is 3.53. The van der Waals surface area contributed by atoms with Crippen molar-refractivity contribution in [3.05, 3.63) is 18.7 Å². The lowest BCUT2D eigenvalue weighted by Gasteiger charge is -2.34. The van der Waals surface area contributed by atoms with E-state index in [1.54, 1.807) is 6.20 Å².